The Bertz CT molecular complexity index is 342. The lowest BCUT2D eigenvalue weighted by Gasteiger charge is -2.30. The van der Waals surface area contributed by atoms with Gasteiger partial charge in [0.25, 0.3) is 0 Å². The Balaban J connectivity index is 2.63. The lowest BCUT2D eigenvalue weighted by Crippen LogP contribution is -2.33. The molecular formula is C9H21NO6P2. The molecule has 1 fully saturated rings. The predicted octanol–water partition coefficient (Wildman–Crippen LogP) is 0.966. The van der Waals surface area contributed by atoms with E-state index in [0.717, 1.165) is 25.7 Å². The van der Waals surface area contributed by atoms with Gasteiger partial charge in [-0.1, -0.05) is 12.8 Å². The van der Waals surface area contributed by atoms with E-state index in [1.54, 1.807) is 0 Å². The topological polar surface area (TPSA) is 141 Å². The maximum atomic E-state index is 11.1. The van der Waals surface area contributed by atoms with E-state index in [4.69, 9.17) is 25.3 Å². The van der Waals surface area contributed by atoms with Crippen LogP contribution in [-0.2, 0) is 9.13 Å². The molecule has 1 saturated carbocycles. The Morgan fingerprint density at radius 2 is 1.56 bits per heavy atom. The normalized spacial score (nSPS) is 26.6. The summed E-state index contributed by atoms with van der Waals surface area (Å²) in [5.74, 6) is 0.0966. The first kappa shape index (κ1) is 16.3. The molecule has 0 saturated heterocycles. The molecule has 0 spiro atoms. The zero-order valence-corrected chi connectivity index (χ0v) is 11.8. The summed E-state index contributed by atoms with van der Waals surface area (Å²) >= 11 is 0. The number of hydrogen-bond donors (Lipinski definition) is 5. The molecule has 6 N–H and O–H groups in total. The Morgan fingerprint density at radius 1 is 1.06 bits per heavy atom. The molecule has 0 heterocycles. The summed E-state index contributed by atoms with van der Waals surface area (Å²) in [5.41, 5.74) is 5.90. The average molecular weight is 301 g/mol. The Labute approximate surface area is 106 Å². The van der Waals surface area contributed by atoms with Gasteiger partial charge >= 0.3 is 15.2 Å². The highest BCUT2D eigenvalue weighted by Crippen LogP contribution is 2.61. The van der Waals surface area contributed by atoms with Gasteiger partial charge in [-0.15, -0.1) is 0 Å². The Morgan fingerprint density at radius 3 is 2.00 bits per heavy atom. The largest absolute Gasteiger partial charge is 0.340 e. The van der Waals surface area contributed by atoms with E-state index in [1.165, 1.54) is 0 Å². The van der Waals surface area contributed by atoms with Crippen molar-refractivity contribution >= 4 is 15.2 Å². The molecule has 0 aromatic carbocycles. The van der Waals surface area contributed by atoms with Crippen LogP contribution in [0.25, 0.3) is 0 Å². The first-order chi connectivity index (χ1) is 8.12. The maximum absolute atomic E-state index is 11.1. The lowest BCUT2D eigenvalue weighted by molar-refractivity contribution is 0.278. The molecule has 9 heteroatoms. The lowest BCUT2D eigenvalue weighted by atomic mass is 9.82. The van der Waals surface area contributed by atoms with Crippen LogP contribution in [0.2, 0.25) is 0 Å². The third-order valence-electron chi connectivity index (χ3n) is 3.54. The molecule has 2 atom stereocenters. The minimum atomic E-state index is -4.79. The van der Waals surface area contributed by atoms with E-state index in [0.29, 0.717) is 6.42 Å². The van der Waals surface area contributed by atoms with Gasteiger partial charge in [0, 0.05) is 6.04 Å². The molecule has 0 aliphatic heterocycles. The molecule has 2 unspecified atom stereocenters. The molecule has 1 rings (SSSR count). The van der Waals surface area contributed by atoms with Gasteiger partial charge in [-0.25, -0.2) is 0 Å². The van der Waals surface area contributed by atoms with Gasteiger partial charge in [0.15, 0.2) is 5.40 Å². The summed E-state index contributed by atoms with van der Waals surface area (Å²) in [6.07, 6.45) is 3.93. The molecule has 0 radical (unpaired) electrons. The maximum Gasteiger partial charge on any atom is 0.340 e. The van der Waals surface area contributed by atoms with E-state index < -0.39 is 20.6 Å². The molecule has 0 aromatic rings. The quantitative estimate of drug-likeness (QED) is 0.476. The smallest absolute Gasteiger partial charge is 0.327 e. The third kappa shape index (κ3) is 4.74. The van der Waals surface area contributed by atoms with Crippen molar-refractivity contribution in [1.29, 1.82) is 0 Å². The summed E-state index contributed by atoms with van der Waals surface area (Å²) < 4.78 is 22.2. The van der Waals surface area contributed by atoms with E-state index in [1.807, 2.05) is 0 Å². The number of hydrogen-bond acceptors (Lipinski definition) is 3. The predicted molar refractivity (Wildman–Crippen MR) is 67.0 cm³/mol. The highest BCUT2D eigenvalue weighted by atomic mass is 31.2. The van der Waals surface area contributed by atoms with Gasteiger partial charge in [-0.05, 0) is 31.6 Å². The van der Waals surface area contributed by atoms with Crippen LogP contribution in [0.5, 0.6) is 0 Å². The van der Waals surface area contributed by atoms with Crippen molar-refractivity contribution in [2.45, 2.75) is 50.0 Å². The van der Waals surface area contributed by atoms with Crippen molar-refractivity contribution in [1.82, 2.24) is 0 Å². The first-order valence-electron chi connectivity index (χ1n) is 5.98. The fraction of sp³-hybridized carbons (Fsp3) is 1.00. The van der Waals surface area contributed by atoms with Crippen LogP contribution in [0.3, 0.4) is 0 Å². The zero-order chi connectivity index (χ0) is 14.0. The van der Waals surface area contributed by atoms with E-state index in [9.17, 15) is 9.13 Å². The van der Waals surface area contributed by atoms with Crippen molar-refractivity contribution in [2.75, 3.05) is 0 Å². The SMILES string of the molecule is NC1CCCCC1CCC(P(=O)(O)O)P(=O)(O)O. The minimum Gasteiger partial charge on any atom is -0.327 e. The van der Waals surface area contributed by atoms with Gasteiger partial charge in [-0.2, -0.15) is 0 Å². The van der Waals surface area contributed by atoms with Crippen LogP contribution in [0.4, 0.5) is 0 Å². The zero-order valence-electron chi connectivity index (χ0n) is 10.1. The monoisotopic (exact) mass is 301 g/mol. The molecule has 0 aromatic heterocycles. The van der Waals surface area contributed by atoms with Crippen LogP contribution < -0.4 is 5.73 Å². The van der Waals surface area contributed by atoms with Gasteiger partial charge in [0.2, 0.25) is 0 Å². The summed E-state index contributed by atoms with van der Waals surface area (Å²) in [7, 11) is -9.58. The fourth-order valence-electron chi connectivity index (χ4n) is 2.49. The second-order valence-electron chi connectivity index (χ2n) is 4.94. The molecule has 0 bridgehead atoms. The molecule has 18 heavy (non-hydrogen) atoms. The van der Waals surface area contributed by atoms with Crippen molar-refractivity contribution in [3.8, 4) is 0 Å². The summed E-state index contributed by atoms with van der Waals surface area (Å²) in [6.45, 7) is 0. The summed E-state index contributed by atoms with van der Waals surface area (Å²) in [4.78, 5) is 36.0. The minimum absolute atomic E-state index is 0.0343. The van der Waals surface area contributed by atoms with Crippen LogP contribution in [0, 0.1) is 5.92 Å². The van der Waals surface area contributed by atoms with Crippen LogP contribution in [0.1, 0.15) is 38.5 Å². The Hall–Kier alpha value is 0.260. The van der Waals surface area contributed by atoms with Gasteiger partial charge in [0.05, 0.1) is 0 Å². The van der Waals surface area contributed by atoms with Crippen LogP contribution in [0.15, 0.2) is 0 Å². The van der Waals surface area contributed by atoms with E-state index >= 15 is 0 Å². The molecule has 1 aliphatic carbocycles. The van der Waals surface area contributed by atoms with Crippen molar-refractivity contribution < 1.29 is 28.7 Å². The third-order valence-corrected chi connectivity index (χ3v) is 7.41. The van der Waals surface area contributed by atoms with E-state index in [2.05, 4.69) is 0 Å². The van der Waals surface area contributed by atoms with E-state index in [-0.39, 0.29) is 18.4 Å². The number of rotatable bonds is 5. The summed E-state index contributed by atoms with van der Waals surface area (Å²) in [6, 6.07) is -0.0343. The summed E-state index contributed by atoms with van der Waals surface area (Å²) in [5, 5.41) is -1.89. The first-order valence-corrected chi connectivity index (χ1v) is 9.34. The van der Waals surface area contributed by atoms with Crippen LogP contribution >= 0.6 is 15.2 Å². The molecule has 108 valence electrons. The van der Waals surface area contributed by atoms with Gasteiger partial charge in [0.1, 0.15) is 0 Å². The standard InChI is InChI=1S/C9H21NO6P2/c10-8-4-2-1-3-7(8)5-6-9(17(11,12)13)18(14,15)16/h7-9H,1-6,10H2,(H2,11,12,13)(H2,14,15,16). The van der Waals surface area contributed by atoms with Crippen LogP contribution in [-0.4, -0.2) is 31.0 Å². The second kappa shape index (κ2) is 6.14. The highest BCUT2D eigenvalue weighted by molar-refractivity contribution is 7.70. The molecule has 7 nitrogen and oxygen atoms in total. The van der Waals surface area contributed by atoms with Crippen molar-refractivity contribution in [2.24, 2.45) is 11.7 Å². The number of nitrogens with two attached hydrogens (primary N) is 1. The highest BCUT2D eigenvalue weighted by Gasteiger charge is 2.43. The van der Waals surface area contributed by atoms with Crippen molar-refractivity contribution in [3.63, 3.8) is 0 Å². The van der Waals surface area contributed by atoms with Gasteiger partial charge < -0.3 is 25.3 Å². The van der Waals surface area contributed by atoms with Crippen molar-refractivity contribution in [3.05, 3.63) is 0 Å². The fourth-order valence-corrected chi connectivity index (χ4v) is 5.03. The molecular weight excluding hydrogens is 280 g/mol. The average Bonchev–Trinajstić information content (AvgIpc) is 2.17. The Kier molecular flexibility index (Phi) is 5.57. The molecule has 0 amide bonds. The van der Waals surface area contributed by atoms with Gasteiger partial charge in [-0.3, -0.25) is 9.13 Å². The molecule has 1 aliphatic rings. The second-order valence-corrected chi connectivity index (χ2v) is 8.95.